The van der Waals surface area contributed by atoms with Crippen molar-refractivity contribution in [2.24, 2.45) is 0 Å². The topological polar surface area (TPSA) is 83.1 Å². The largest absolute Gasteiger partial charge is 0.872 e. The molecule has 0 amide bonds. The molecule has 1 aromatic heterocycles. The zero-order valence-electron chi connectivity index (χ0n) is 11.8. The van der Waals surface area contributed by atoms with Gasteiger partial charge in [-0.1, -0.05) is 24.3 Å². The quantitative estimate of drug-likeness (QED) is 0.783. The van der Waals surface area contributed by atoms with Gasteiger partial charge in [0.15, 0.2) is 11.5 Å². The molecule has 22 heavy (non-hydrogen) atoms. The fourth-order valence-electron chi connectivity index (χ4n) is 2.57. The van der Waals surface area contributed by atoms with Crippen LogP contribution in [-0.4, -0.2) is 22.2 Å². The van der Waals surface area contributed by atoms with Crippen LogP contribution in [0.25, 0.3) is 22.5 Å². The van der Waals surface area contributed by atoms with Crippen molar-refractivity contribution >= 4 is 0 Å². The summed E-state index contributed by atoms with van der Waals surface area (Å²) in [7, 11) is 0. The molecule has 110 valence electrons. The molecule has 6 nitrogen and oxygen atoms in total. The third kappa shape index (κ3) is 1.96. The van der Waals surface area contributed by atoms with E-state index < -0.39 is 0 Å². The predicted molar refractivity (Wildman–Crippen MR) is 77.6 cm³/mol. The Morgan fingerprint density at radius 1 is 1.00 bits per heavy atom. The van der Waals surface area contributed by atoms with Crippen LogP contribution in [0.15, 0.2) is 36.4 Å². The second-order valence-electron chi connectivity index (χ2n) is 5.07. The van der Waals surface area contributed by atoms with Crippen LogP contribution in [0.5, 0.6) is 17.2 Å². The van der Waals surface area contributed by atoms with Gasteiger partial charge in [-0.15, -0.1) is 5.75 Å². The third-order valence-corrected chi connectivity index (χ3v) is 3.61. The smallest absolute Gasteiger partial charge is 0.231 e. The molecule has 2 heterocycles. The first-order chi connectivity index (χ1) is 10.7. The van der Waals surface area contributed by atoms with Crippen LogP contribution in [0, 0.1) is 6.92 Å². The Kier molecular flexibility index (Phi) is 2.75. The molecule has 0 aliphatic carbocycles. The molecule has 0 fully saturated rings. The van der Waals surface area contributed by atoms with Gasteiger partial charge in [-0.2, -0.15) is 15.4 Å². The summed E-state index contributed by atoms with van der Waals surface area (Å²) < 4.78 is 10.9. The number of rotatable bonds is 2. The number of nitrogens with zero attached hydrogens (tertiary/aromatic N) is 2. The van der Waals surface area contributed by atoms with Crippen molar-refractivity contribution in [3.63, 3.8) is 0 Å². The van der Waals surface area contributed by atoms with Crippen molar-refractivity contribution < 1.29 is 14.6 Å². The summed E-state index contributed by atoms with van der Waals surface area (Å²) in [5.41, 5.74) is 4.10. The number of benzene rings is 2. The van der Waals surface area contributed by atoms with Crippen molar-refractivity contribution in [1.29, 1.82) is 0 Å². The van der Waals surface area contributed by atoms with Crippen LogP contribution >= 0.6 is 0 Å². The zero-order chi connectivity index (χ0) is 15.1. The molecule has 1 aliphatic rings. The molecule has 0 bridgehead atoms. The molecule has 6 heteroatoms. The molecule has 1 N–H and O–H groups in total. The first-order valence-electron chi connectivity index (χ1n) is 6.81. The monoisotopic (exact) mass is 294 g/mol. The molecule has 0 saturated carbocycles. The van der Waals surface area contributed by atoms with Gasteiger partial charge in [0.2, 0.25) is 6.79 Å². The summed E-state index contributed by atoms with van der Waals surface area (Å²) in [6.45, 7) is 2.19. The maximum Gasteiger partial charge on any atom is 0.231 e. The van der Waals surface area contributed by atoms with Gasteiger partial charge in [0.25, 0.3) is 0 Å². The summed E-state index contributed by atoms with van der Waals surface area (Å²) in [6.07, 6.45) is 0. The van der Waals surface area contributed by atoms with Gasteiger partial charge in [0.05, 0.1) is 0 Å². The summed E-state index contributed by atoms with van der Waals surface area (Å²) in [4.78, 5) is 0. The fraction of sp³-hybridized carbons (Fsp3) is 0.125. The van der Waals surface area contributed by atoms with E-state index in [1.807, 2.05) is 19.1 Å². The van der Waals surface area contributed by atoms with Crippen molar-refractivity contribution in [3.05, 3.63) is 42.0 Å². The molecule has 0 atom stereocenters. The van der Waals surface area contributed by atoms with E-state index in [0.717, 1.165) is 22.4 Å². The second-order valence-corrected chi connectivity index (χ2v) is 5.07. The number of ether oxygens (including phenoxy) is 2. The normalized spacial score (nSPS) is 12.6. The van der Waals surface area contributed by atoms with Crippen LogP contribution in [0.1, 0.15) is 5.56 Å². The lowest BCUT2D eigenvalue weighted by Crippen LogP contribution is -1.93. The van der Waals surface area contributed by atoms with Gasteiger partial charge in [-0.05, 0) is 24.6 Å². The molecule has 0 unspecified atom stereocenters. The number of fused-ring (bicyclic) bond motifs is 1. The zero-order valence-corrected chi connectivity index (χ0v) is 11.8. The SMILES string of the molecule is Cc1cc(-c2n[nH]nc2-c2ccc([O-])cc2)cc2c1OCO2. The van der Waals surface area contributed by atoms with E-state index >= 15 is 0 Å². The molecule has 2 aromatic carbocycles. The Balaban J connectivity index is 1.83. The molecule has 3 aromatic rings. The highest BCUT2D eigenvalue weighted by molar-refractivity contribution is 5.79. The lowest BCUT2D eigenvalue weighted by molar-refractivity contribution is -0.268. The molecule has 4 rings (SSSR count). The Morgan fingerprint density at radius 2 is 1.73 bits per heavy atom. The minimum Gasteiger partial charge on any atom is -0.872 e. The van der Waals surface area contributed by atoms with Crippen LogP contribution in [-0.2, 0) is 0 Å². The van der Waals surface area contributed by atoms with Crippen molar-refractivity contribution in [2.45, 2.75) is 6.92 Å². The van der Waals surface area contributed by atoms with E-state index in [2.05, 4.69) is 15.4 Å². The fourth-order valence-corrected chi connectivity index (χ4v) is 2.57. The Morgan fingerprint density at radius 3 is 2.50 bits per heavy atom. The lowest BCUT2D eigenvalue weighted by atomic mass is 10.0. The van der Waals surface area contributed by atoms with Crippen LogP contribution in [0.3, 0.4) is 0 Å². The van der Waals surface area contributed by atoms with Crippen LogP contribution < -0.4 is 14.6 Å². The van der Waals surface area contributed by atoms with E-state index in [0.29, 0.717) is 17.1 Å². The highest BCUT2D eigenvalue weighted by Crippen LogP contribution is 2.40. The van der Waals surface area contributed by atoms with E-state index in [9.17, 15) is 5.11 Å². The minimum atomic E-state index is -0.0345. The standard InChI is InChI=1S/C16H13N3O3/c1-9-6-11(7-13-16(9)22-8-21-13)15-14(17-19-18-15)10-2-4-12(20)5-3-10/h2-7,20H,8H2,1H3,(H,17,18,19)/p-1. The van der Waals surface area contributed by atoms with Crippen molar-refractivity contribution in [1.82, 2.24) is 15.4 Å². The molecular formula is C16H12N3O3-. The van der Waals surface area contributed by atoms with Gasteiger partial charge < -0.3 is 14.6 Å². The Labute approximate surface area is 126 Å². The predicted octanol–water partition coefficient (Wildman–Crippen LogP) is 2.25. The lowest BCUT2D eigenvalue weighted by Gasteiger charge is -2.07. The molecule has 0 saturated heterocycles. The van der Waals surface area contributed by atoms with Crippen LogP contribution in [0.2, 0.25) is 0 Å². The number of hydrogen-bond acceptors (Lipinski definition) is 5. The van der Waals surface area contributed by atoms with E-state index in [1.165, 1.54) is 12.1 Å². The number of aromatic nitrogens is 3. The van der Waals surface area contributed by atoms with E-state index in [4.69, 9.17) is 9.47 Å². The number of hydrogen-bond donors (Lipinski definition) is 1. The van der Waals surface area contributed by atoms with E-state index in [-0.39, 0.29) is 12.5 Å². The Bertz CT molecular complexity index is 840. The number of aryl methyl sites for hydroxylation is 1. The third-order valence-electron chi connectivity index (χ3n) is 3.61. The van der Waals surface area contributed by atoms with Gasteiger partial charge >= 0.3 is 0 Å². The van der Waals surface area contributed by atoms with Crippen molar-refractivity contribution in [2.75, 3.05) is 6.79 Å². The summed E-state index contributed by atoms with van der Waals surface area (Å²) in [5.74, 6) is 1.44. The number of H-pyrrole nitrogens is 1. The molecule has 0 spiro atoms. The molecular weight excluding hydrogens is 282 g/mol. The Hall–Kier alpha value is -3.02. The maximum atomic E-state index is 11.2. The van der Waals surface area contributed by atoms with Gasteiger partial charge in [0.1, 0.15) is 11.4 Å². The average Bonchev–Trinajstić information content (AvgIpc) is 3.16. The van der Waals surface area contributed by atoms with Gasteiger partial charge in [0, 0.05) is 11.1 Å². The first kappa shape index (κ1) is 12.7. The van der Waals surface area contributed by atoms with Crippen LogP contribution in [0.4, 0.5) is 0 Å². The molecule has 1 aliphatic heterocycles. The van der Waals surface area contributed by atoms with E-state index in [1.54, 1.807) is 12.1 Å². The highest BCUT2D eigenvalue weighted by atomic mass is 16.7. The number of nitrogens with one attached hydrogen (secondary N) is 1. The van der Waals surface area contributed by atoms with Crippen molar-refractivity contribution in [3.8, 4) is 39.8 Å². The maximum absolute atomic E-state index is 11.2. The summed E-state index contributed by atoms with van der Waals surface area (Å²) >= 11 is 0. The molecule has 0 radical (unpaired) electrons. The second kappa shape index (κ2) is 4.77. The summed E-state index contributed by atoms with van der Waals surface area (Å²) in [6, 6.07) is 10.4. The van der Waals surface area contributed by atoms with Gasteiger partial charge in [-0.25, -0.2) is 0 Å². The number of aromatic amines is 1. The minimum absolute atomic E-state index is 0.0345. The highest BCUT2D eigenvalue weighted by Gasteiger charge is 2.20. The first-order valence-corrected chi connectivity index (χ1v) is 6.81. The average molecular weight is 294 g/mol. The summed E-state index contributed by atoms with van der Waals surface area (Å²) in [5, 5.41) is 22.3. The van der Waals surface area contributed by atoms with Gasteiger partial charge in [-0.3, -0.25) is 0 Å².